The Bertz CT molecular complexity index is 1740. The Hall–Kier alpha value is -3.83. The van der Waals surface area contributed by atoms with Crippen LogP contribution in [0.15, 0.2) is 71.8 Å². The number of halogens is 2. The molecule has 2 aliphatic rings. The minimum atomic E-state index is -1.69. The van der Waals surface area contributed by atoms with Crippen molar-refractivity contribution in [3.63, 3.8) is 0 Å². The molecule has 6 rings (SSSR count). The molecule has 9 nitrogen and oxygen atoms in total. The maximum Gasteiger partial charge on any atom is 0.236 e. The van der Waals surface area contributed by atoms with E-state index in [0.717, 1.165) is 27.8 Å². The van der Waals surface area contributed by atoms with Crippen molar-refractivity contribution in [3.05, 3.63) is 105 Å². The number of fused-ring (bicyclic) bond motifs is 2. The predicted octanol–water partition coefficient (Wildman–Crippen LogP) is 5.31. The molecule has 0 bridgehead atoms. The van der Waals surface area contributed by atoms with Crippen molar-refractivity contribution >= 4 is 45.9 Å². The molecule has 1 amide bonds. The van der Waals surface area contributed by atoms with Crippen molar-refractivity contribution in [2.24, 2.45) is 5.73 Å². The zero-order valence-corrected chi connectivity index (χ0v) is 25.4. The molecule has 222 valence electrons. The molecule has 0 spiro atoms. The van der Waals surface area contributed by atoms with Gasteiger partial charge in [-0.1, -0.05) is 41.4 Å². The summed E-state index contributed by atoms with van der Waals surface area (Å²) in [7, 11) is -1.69. The molecule has 3 atom stereocenters. The number of aromatic nitrogens is 1. The van der Waals surface area contributed by atoms with E-state index in [9.17, 15) is 9.00 Å². The third kappa shape index (κ3) is 6.14. The quantitative estimate of drug-likeness (QED) is 0.281. The fraction of sp³-hybridized carbons (Fsp3) is 0.226. The third-order valence-corrected chi connectivity index (χ3v) is 9.82. The van der Waals surface area contributed by atoms with Gasteiger partial charge in [-0.2, -0.15) is 0 Å². The summed E-state index contributed by atoms with van der Waals surface area (Å²) < 4.78 is 33.6. The average Bonchev–Trinajstić information content (AvgIpc) is 2.99. The fourth-order valence-electron chi connectivity index (χ4n) is 5.16. The summed E-state index contributed by atoms with van der Waals surface area (Å²) in [6, 6.07) is 17.7. The van der Waals surface area contributed by atoms with Crippen LogP contribution in [-0.4, -0.2) is 32.1 Å². The van der Waals surface area contributed by atoms with Gasteiger partial charge in [0.2, 0.25) is 5.91 Å². The number of nitrogen functional groups attached to an aromatic ring is 1. The number of rotatable bonds is 7. The van der Waals surface area contributed by atoms with Gasteiger partial charge in [-0.05, 0) is 83.6 Å². The Kier molecular flexibility index (Phi) is 8.19. The SMILES string of the molecule is Cc1cc(N)ncc1S(=O)N1Cc2cc3c(cc2CC1C(N)=O)OCC(c1ccc(OCc2ccc(Cl)c(Cl)c2)cc1)O3. The molecule has 0 saturated heterocycles. The highest BCUT2D eigenvalue weighted by Crippen LogP contribution is 2.41. The normalized spacial score (nSPS) is 18.5. The van der Waals surface area contributed by atoms with Gasteiger partial charge in [0.05, 0.1) is 14.9 Å². The minimum absolute atomic E-state index is 0.228. The van der Waals surface area contributed by atoms with Crippen LogP contribution in [0.25, 0.3) is 0 Å². The first-order valence-corrected chi connectivity index (χ1v) is 15.3. The molecule has 3 heterocycles. The van der Waals surface area contributed by atoms with Crippen LogP contribution < -0.4 is 25.7 Å². The second-order valence-electron chi connectivity index (χ2n) is 10.4. The van der Waals surface area contributed by atoms with Gasteiger partial charge < -0.3 is 25.7 Å². The second-order valence-corrected chi connectivity index (χ2v) is 12.6. The summed E-state index contributed by atoms with van der Waals surface area (Å²) in [6.45, 7) is 2.70. The number of hydrogen-bond donors (Lipinski definition) is 2. The van der Waals surface area contributed by atoms with Gasteiger partial charge in [0, 0.05) is 12.7 Å². The number of anilines is 1. The smallest absolute Gasteiger partial charge is 0.236 e. The molecular weight excluding hydrogens is 611 g/mol. The molecule has 0 aliphatic carbocycles. The van der Waals surface area contributed by atoms with Crippen molar-refractivity contribution in [2.45, 2.75) is 43.5 Å². The van der Waals surface area contributed by atoms with Crippen molar-refractivity contribution in [2.75, 3.05) is 12.3 Å². The number of amides is 1. The lowest BCUT2D eigenvalue weighted by Gasteiger charge is -2.35. The summed E-state index contributed by atoms with van der Waals surface area (Å²) in [5, 5.41) is 0.983. The summed E-state index contributed by atoms with van der Waals surface area (Å²) in [6.07, 6.45) is 1.43. The summed E-state index contributed by atoms with van der Waals surface area (Å²) in [5.41, 5.74) is 15.9. The summed E-state index contributed by atoms with van der Waals surface area (Å²) in [4.78, 5) is 17.0. The monoisotopic (exact) mass is 638 g/mol. The average molecular weight is 640 g/mol. The van der Waals surface area contributed by atoms with E-state index >= 15 is 0 Å². The van der Waals surface area contributed by atoms with Crippen LogP contribution in [0.2, 0.25) is 10.0 Å². The molecule has 0 fully saturated rings. The molecule has 3 aromatic carbocycles. The Morgan fingerprint density at radius 1 is 1.07 bits per heavy atom. The number of hydrogen-bond acceptors (Lipinski definition) is 7. The number of primary amides is 1. The summed E-state index contributed by atoms with van der Waals surface area (Å²) in [5.74, 6) is 1.64. The van der Waals surface area contributed by atoms with Crippen LogP contribution in [-0.2, 0) is 35.4 Å². The topological polar surface area (TPSA) is 130 Å². The van der Waals surface area contributed by atoms with Crippen LogP contribution in [0, 0.1) is 6.92 Å². The van der Waals surface area contributed by atoms with E-state index in [2.05, 4.69) is 4.98 Å². The molecule has 4 N–H and O–H groups in total. The number of carbonyl (C=O) groups is 1. The molecular formula is C31H28Cl2N4O5S. The van der Waals surface area contributed by atoms with E-state index in [4.69, 9.17) is 48.9 Å². The lowest BCUT2D eigenvalue weighted by atomic mass is 9.94. The van der Waals surface area contributed by atoms with E-state index in [1.54, 1.807) is 29.4 Å². The molecule has 0 radical (unpaired) electrons. The zero-order valence-electron chi connectivity index (χ0n) is 23.1. The Morgan fingerprint density at radius 2 is 1.84 bits per heavy atom. The van der Waals surface area contributed by atoms with Crippen LogP contribution in [0.4, 0.5) is 5.82 Å². The van der Waals surface area contributed by atoms with Crippen LogP contribution in [0.5, 0.6) is 17.2 Å². The first kappa shape index (κ1) is 29.3. The molecule has 0 saturated carbocycles. The van der Waals surface area contributed by atoms with Crippen molar-refractivity contribution in [1.82, 2.24) is 9.29 Å². The standard InChI is InChI=1S/C31H28Cl2N4O5S/c1-17-8-30(34)36-13-29(17)43(39)37-14-21-12-27-26(11-20(21)10-25(37)31(35)38)41-16-28(42-27)19-3-5-22(6-4-19)40-15-18-2-7-23(32)24(33)9-18/h2-9,11-13,25,28H,10,14-16H2,1H3,(H2,34,36)(H2,35,38). The highest BCUT2D eigenvalue weighted by Gasteiger charge is 2.36. The van der Waals surface area contributed by atoms with Gasteiger partial charge in [-0.15, -0.1) is 0 Å². The zero-order chi connectivity index (χ0) is 30.2. The maximum atomic E-state index is 13.6. The minimum Gasteiger partial charge on any atom is -0.489 e. The van der Waals surface area contributed by atoms with Gasteiger partial charge in [0.1, 0.15) is 41.8 Å². The molecule has 1 aromatic heterocycles. The van der Waals surface area contributed by atoms with Gasteiger partial charge in [-0.3, -0.25) is 4.79 Å². The number of nitrogens with zero attached hydrogens (tertiary/aromatic N) is 2. The maximum absolute atomic E-state index is 13.6. The van der Waals surface area contributed by atoms with E-state index in [1.807, 2.05) is 42.5 Å². The van der Waals surface area contributed by atoms with E-state index in [0.29, 0.717) is 57.6 Å². The largest absolute Gasteiger partial charge is 0.489 e. The van der Waals surface area contributed by atoms with Crippen LogP contribution in [0.1, 0.15) is 33.9 Å². The number of nitrogens with two attached hydrogens (primary N) is 2. The molecule has 43 heavy (non-hydrogen) atoms. The van der Waals surface area contributed by atoms with Crippen LogP contribution >= 0.6 is 23.2 Å². The first-order valence-electron chi connectivity index (χ1n) is 13.5. The third-order valence-electron chi connectivity index (χ3n) is 7.47. The van der Waals surface area contributed by atoms with E-state index in [-0.39, 0.29) is 12.6 Å². The Morgan fingerprint density at radius 3 is 2.56 bits per heavy atom. The highest BCUT2D eigenvalue weighted by molar-refractivity contribution is 7.82. The van der Waals surface area contributed by atoms with E-state index < -0.39 is 22.9 Å². The lowest BCUT2D eigenvalue weighted by Crippen LogP contribution is -2.49. The molecule has 12 heteroatoms. The Balaban J connectivity index is 1.17. The van der Waals surface area contributed by atoms with Gasteiger partial charge in [-0.25, -0.2) is 13.5 Å². The molecule has 3 unspecified atom stereocenters. The van der Waals surface area contributed by atoms with Crippen molar-refractivity contribution in [3.8, 4) is 17.2 Å². The first-order chi connectivity index (χ1) is 20.7. The number of pyridine rings is 1. The van der Waals surface area contributed by atoms with Gasteiger partial charge in [0.25, 0.3) is 0 Å². The number of carbonyl (C=O) groups excluding carboxylic acids is 1. The van der Waals surface area contributed by atoms with Gasteiger partial charge >= 0.3 is 0 Å². The second kappa shape index (κ2) is 12.0. The van der Waals surface area contributed by atoms with Crippen LogP contribution in [0.3, 0.4) is 0 Å². The number of aryl methyl sites for hydroxylation is 1. The lowest BCUT2D eigenvalue weighted by molar-refractivity contribution is -0.121. The highest BCUT2D eigenvalue weighted by atomic mass is 35.5. The van der Waals surface area contributed by atoms with Crippen molar-refractivity contribution in [1.29, 1.82) is 0 Å². The molecule has 4 aromatic rings. The molecule has 2 aliphatic heterocycles. The Labute approximate surface area is 261 Å². The van der Waals surface area contributed by atoms with E-state index in [1.165, 1.54) is 6.20 Å². The fourth-order valence-corrected chi connectivity index (χ4v) is 6.87. The predicted molar refractivity (Wildman–Crippen MR) is 165 cm³/mol. The number of ether oxygens (including phenoxy) is 3. The number of benzene rings is 3. The van der Waals surface area contributed by atoms with Crippen molar-refractivity contribution < 1.29 is 23.2 Å². The summed E-state index contributed by atoms with van der Waals surface area (Å²) >= 11 is 12.1. The van der Waals surface area contributed by atoms with Gasteiger partial charge in [0.15, 0.2) is 17.6 Å².